The second kappa shape index (κ2) is 4.73. The molecular formula is C10H8Cl2N4O. The largest absolute Gasteiger partial charge is 0.496 e. The van der Waals surface area contributed by atoms with E-state index in [-0.39, 0.29) is 11.2 Å². The van der Waals surface area contributed by atoms with Crippen LogP contribution in [-0.4, -0.2) is 22.1 Å². The third kappa shape index (κ3) is 2.57. The van der Waals surface area contributed by atoms with Gasteiger partial charge in [0.1, 0.15) is 5.75 Å². The summed E-state index contributed by atoms with van der Waals surface area (Å²) < 4.78 is 5.19. The first-order valence-electron chi connectivity index (χ1n) is 4.61. The Balaban J connectivity index is 2.59. The summed E-state index contributed by atoms with van der Waals surface area (Å²) in [6.45, 7) is 0. The molecule has 2 rings (SSSR count). The van der Waals surface area contributed by atoms with Gasteiger partial charge in [0.25, 0.3) is 0 Å². The Labute approximate surface area is 108 Å². The van der Waals surface area contributed by atoms with Crippen LogP contribution in [0.1, 0.15) is 0 Å². The van der Waals surface area contributed by atoms with Gasteiger partial charge in [-0.3, -0.25) is 0 Å². The first-order valence-corrected chi connectivity index (χ1v) is 5.36. The minimum atomic E-state index is 0.0319. The number of rotatable bonds is 2. The number of methoxy groups -OCH3 is 1. The zero-order chi connectivity index (χ0) is 12.4. The summed E-state index contributed by atoms with van der Waals surface area (Å²) in [6.07, 6.45) is 0. The Bertz CT molecular complexity index is 542. The third-order valence-corrected chi connectivity index (χ3v) is 2.43. The van der Waals surface area contributed by atoms with E-state index >= 15 is 0 Å². The van der Waals surface area contributed by atoms with E-state index in [0.29, 0.717) is 22.2 Å². The zero-order valence-corrected chi connectivity index (χ0v) is 10.3. The van der Waals surface area contributed by atoms with Gasteiger partial charge in [0.15, 0.2) is 5.82 Å². The van der Waals surface area contributed by atoms with E-state index in [0.717, 1.165) is 0 Å². The van der Waals surface area contributed by atoms with Crippen LogP contribution in [0, 0.1) is 0 Å². The van der Waals surface area contributed by atoms with Crippen LogP contribution in [0.5, 0.6) is 5.75 Å². The molecule has 0 amide bonds. The maximum Gasteiger partial charge on any atom is 0.227 e. The second-order valence-electron chi connectivity index (χ2n) is 3.13. The van der Waals surface area contributed by atoms with Crippen LogP contribution >= 0.6 is 23.2 Å². The van der Waals surface area contributed by atoms with Crippen LogP contribution in [0.25, 0.3) is 11.4 Å². The molecule has 1 aromatic carbocycles. The maximum absolute atomic E-state index is 5.86. The molecule has 0 bridgehead atoms. The third-order valence-electron chi connectivity index (χ3n) is 2.03. The summed E-state index contributed by atoms with van der Waals surface area (Å²) in [4.78, 5) is 11.7. The summed E-state index contributed by atoms with van der Waals surface area (Å²) in [6, 6.07) is 5.09. The number of halogens is 2. The first kappa shape index (κ1) is 11.9. The van der Waals surface area contributed by atoms with Crippen molar-refractivity contribution < 1.29 is 4.74 Å². The monoisotopic (exact) mass is 270 g/mol. The number of benzene rings is 1. The Morgan fingerprint density at radius 3 is 2.59 bits per heavy atom. The van der Waals surface area contributed by atoms with E-state index < -0.39 is 0 Å². The Morgan fingerprint density at radius 2 is 1.94 bits per heavy atom. The molecule has 2 N–H and O–H groups in total. The van der Waals surface area contributed by atoms with Crippen molar-refractivity contribution in [2.24, 2.45) is 0 Å². The van der Waals surface area contributed by atoms with Crippen molar-refractivity contribution >= 4 is 29.2 Å². The summed E-state index contributed by atoms with van der Waals surface area (Å²) in [5.41, 5.74) is 6.15. The van der Waals surface area contributed by atoms with Crippen LogP contribution in [-0.2, 0) is 0 Å². The molecule has 0 unspecified atom stereocenters. The van der Waals surface area contributed by atoms with Gasteiger partial charge in [0.2, 0.25) is 11.2 Å². The molecule has 0 saturated carbocycles. The van der Waals surface area contributed by atoms with Gasteiger partial charge in [-0.2, -0.15) is 15.0 Å². The summed E-state index contributed by atoms with van der Waals surface area (Å²) in [5, 5.41) is 0.586. The smallest absolute Gasteiger partial charge is 0.227 e. The molecule has 1 aromatic heterocycles. The van der Waals surface area contributed by atoms with Crippen LogP contribution in [0.2, 0.25) is 10.3 Å². The van der Waals surface area contributed by atoms with E-state index in [1.54, 1.807) is 18.2 Å². The van der Waals surface area contributed by atoms with Crippen LogP contribution in [0.3, 0.4) is 0 Å². The number of aromatic nitrogens is 3. The number of ether oxygens (including phenoxy) is 1. The second-order valence-corrected chi connectivity index (χ2v) is 3.91. The zero-order valence-electron chi connectivity index (χ0n) is 8.82. The van der Waals surface area contributed by atoms with Gasteiger partial charge >= 0.3 is 0 Å². The SMILES string of the molecule is COc1cc(Cl)ccc1-c1nc(N)nc(Cl)n1. The van der Waals surface area contributed by atoms with Crippen molar-refractivity contribution in [3.63, 3.8) is 0 Å². The van der Waals surface area contributed by atoms with Crippen molar-refractivity contribution in [1.82, 2.24) is 15.0 Å². The highest BCUT2D eigenvalue weighted by atomic mass is 35.5. The van der Waals surface area contributed by atoms with Crippen LogP contribution in [0.15, 0.2) is 18.2 Å². The average Bonchev–Trinajstić information content (AvgIpc) is 2.27. The van der Waals surface area contributed by atoms with Crippen LogP contribution < -0.4 is 10.5 Å². The molecule has 0 saturated heterocycles. The van der Waals surface area contributed by atoms with Crippen molar-refractivity contribution in [3.8, 4) is 17.1 Å². The van der Waals surface area contributed by atoms with Gasteiger partial charge in [0.05, 0.1) is 12.7 Å². The predicted molar refractivity (Wildman–Crippen MR) is 66.2 cm³/mol. The van der Waals surface area contributed by atoms with E-state index in [2.05, 4.69) is 15.0 Å². The van der Waals surface area contributed by atoms with Gasteiger partial charge in [-0.05, 0) is 29.8 Å². The molecule has 0 aliphatic rings. The lowest BCUT2D eigenvalue weighted by Gasteiger charge is -2.07. The standard InChI is InChI=1S/C10H8Cl2N4O/c1-17-7-4-5(11)2-3-6(7)8-14-9(12)16-10(13)15-8/h2-4H,1H3,(H2,13,14,15,16). The van der Waals surface area contributed by atoms with E-state index in [4.69, 9.17) is 33.7 Å². The van der Waals surface area contributed by atoms with Gasteiger partial charge in [-0.1, -0.05) is 11.6 Å². The van der Waals surface area contributed by atoms with Crippen LogP contribution in [0.4, 0.5) is 5.95 Å². The molecule has 0 aliphatic carbocycles. The summed E-state index contributed by atoms with van der Waals surface area (Å²) in [5.74, 6) is 0.937. The minimum Gasteiger partial charge on any atom is -0.496 e. The molecular weight excluding hydrogens is 263 g/mol. The number of nitrogen functional groups attached to an aromatic ring is 1. The number of anilines is 1. The summed E-state index contributed by atoms with van der Waals surface area (Å²) >= 11 is 11.6. The van der Waals surface area contributed by atoms with E-state index in [1.807, 2.05) is 0 Å². The topological polar surface area (TPSA) is 73.9 Å². The number of nitrogens with two attached hydrogens (primary N) is 1. The molecule has 5 nitrogen and oxygen atoms in total. The fourth-order valence-corrected chi connectivity index (χ4v) is 1.66. The molecule has 88 valence electrons. The highest BCUT2D eigenvalue weighted by Crippen LogP contribution is 2.30. The molecule has 0 atom stereocenters. The van der Waals surface area contributed by atoms with Gasteiger partial charge in [-0.25, -0.2) is 0 Å². The highest BCUT2D eigenvalue weighted by Gasteiger charge is 2.11. The normalized spacial score (nSPS) is 10.3. The molecule has 1 heterocycles. The van der Waals surface area contributed by atoms with Crippen molar-refractivity contribution in [2.45, 2.75) is 0 Å². The molecule has 2 aromatic rings. The first-order chi connectivity index (χ1) is 8.10. The van der Waals surface area contributed by atoms with Gasteiger partial charge < -0.3 is 10.5 Å². The molecule has 0 fully saturated rings. The van der Waals surface area contributed by atoms with Crippen molar-refractivity contribution in [2.75, 3.05) is 12.8 Å². The molecule has 7 heteroatoms. The molecule has 0 spiro atoms. The Kier molecular flexibility index (Phi) is 3.31. The summed E-state index contributed by atoms with van der Waals surface area (Å²) in [7, 11) is 1.53. The fourth-order valence-electron chi connectivity index (χ4n) is 1.34. The number of hydrogen-bond acceptors (Lipinski definition) is 5. The quantitative estimate of drug-likeness (QED) is 0.907. The molecule has 0 aliphatic heterocycles. The average molecular weight is 271 g/mol. The van der Waals surface area contributed by atoms with E-state index in [1.165, 1.54) is 7.11 Å². The Morgan fingerprint density at radius 1 is 1.18 bits per heavy atom. The van der Waals surface area contributed by atoms with E-state index in [9.17, 15) is 0 Å². The molecule has 0 radical (unpaired) electrons. The highest BCUT2D eigenvalue weighted by molar-refractivity contribution is 6.30. The van der Waals surface area contributed by atoms with Crippen molar-refractivity contribution in [1.29, 1.82) is 0 Å². The minimum absolute atomic E-state index is 0.0319. The van der Waals surface area contributed by atoms with Crippen molar-refractivity contribution in [3.05, 3.63) is 28.5 Å². The number of hydrogen-bond donors (Lipinski definition) is 1. The Hall–Kier alpha value is -1.59. The lowest BCUT2D eigenvalue weighted by molar-refractivity contribution is 0.416. The lowest BCUT2D eigenvalue weighted by Crippen LogP contribution is -2.01. The van der Waals surface area contributed by atoms with Gasteiger partial charge in [0, 0.05) is 5.02 Å². The molecule has 17 heavy (non-hydrogen) atoms. The number of nitrogens with zero attached hydrogens (tertiary/aromatic N) is 3. The lowest BCUT2D eigenvalue weighted by atomic mass is 10.2. The fraction of sp³-hybridized carbons (Fsp3) is 0.100. The maximum atomic E-state index is 5.86. The van der Waals surface area contributed by atoms with Gasteiger partial charge in [-0.15, -0.1) is 0 Å². The predicted octanol–water partition coefficient (Wildman–Crippen LogP) is 2.44.